The van der Waals surface area contributed by atoms with E-state index in [0.717, 1.165) is 49.1 Å². The molecule has 0 aliphatic heterocycles. The van der Waals surface area contributed by atoms with Crippen LogP contribution in [0.3, 0.4) is 0 Å². The van der Waals surface area contributed by atoms with E-state index in [1.165, 1.54) is 56.6 Å². The summed E-state index contributed by atoms with van der Waals surface area (Å²) in [5.41, 5.74) is 4.40. The summed E-state index contributed by atoms with van der Waals surface area (Å²) in [4.78, 5) is 36.9. The smallest absolute Gasteiger partial charge is 0.163 e. The summed E-state index contributed by atoms with van der Waals surface area (Å²) >= 11 is 0. The van der Waals surface area contributed by atoms with Crippen LogP contribution in [0.1, 0.15) is 146 Å². The van der Waals surface area contributed by atoms with Gasteiger partial charge in [0, 0.05) is 17.9 Å². The lowest BCUT2D eigenvalue weighted by atomic mass is 9.71. The van der Waals surface area contributed by atoms with E-state index in [1.54, 1.807) is 0 Å². The number of carbonyl (C=O) groups excluding carboxylic acids is 3. The largest absolute Gasteiger partial charge is 0.300 e. The molecule has 0 N–H and O–H groups in total. The number of ketones is 3. The van der Waals surface area contributed by atoms with Crippen molar-refractivity contribution in [1.29, 1.82) is 0 Å². The van der Waals surface area contributed by atoms with E-state index in [1.807, 2.05) is 19.9 Å². The normalized spacial score (nSPS) is 18.9. The molecule has 210 valence electrons. The first kappa shape index (κ1) is 33.3. The first-order valence-electron chi connectivity index (χ1n) is 15.2. The molecule has 37 heavy (non-hydrogen) atoms. The molecule has 0 heterocycles. The van der Waals surface area contributed by atoms with Crippen molar-refractivity contribution >= 4 is 17.3 Å². The second kappa shape index (κ2) is 17.7. The van der Waals surface area contributed by atoms with Gasteiger partial charge < -0.3 is 0 Å². The maximum absolute atomic E-state index is 12.8. The summed E-state index contributed by atoms with van der Waals surface area (Å²) in [6, 6.07) is 4.15. The molecule has 3 rings (SSSR count). The molecule has 0 radical (unpaired) electrons. The molecule has 0 spiro atoms. The van der Waals surface area contributed by atoms with Gasteiger partial charge in [0.2, 0.25) is 0 Å². The molecule has 2 aliphatic rings. The van der Waals surface area contributed by atoms with Crippen LogP contribution in [0.5, 0.6) is 0 Å². The van der Waals surface area contributed by atoms with Crippen molar-refractivity contribution in [3.05, 3.63) is 34.4 Å². The molecule has 3 atom stereocenters. The summed E-state index contributed by atoms with van der Waals surface area (Å²) in [6.07, 6.45) is 13.9. The van der Waals surface area contributed by atoms with Crippen LogP contribution in [-0.4, -0.2) is 17.3 Å². The fourth-order valence-corrected chi connectivity index (χ4v) is 6.20. The molecular weight excluding hydrogens is 456 g/mol. The molecule has 3 heteroatoms. The molecule has 1 fully saturated rings. The summed E-state index contributed by atoms with van der Waals surface area (Å²) in [6.45, 7) is 16.4. The maximum Gasteiger partial charge on any atom is 0.163 e. The van der Waals surface area contributed by atoms with Crippen LogP contribution >= 0.6 is 0 Å². The van der Waals surface area contributed by atoms with Crippen molar-refractivity contribution in [3.8, 4) is 0 Å². The molecule has 3 nitrogen and oxygen atoms in total. The van der Waals surface area contributed by atoms with Gasteiger partial charge >= 0.3 is 0 Å². The third-order valence-electron chi connectivity index (χ3n) is 8.04. The highest BCUT2D eigenvalue weighted by Gasteiger charge is 2.33. The van der Waals surface area contributed by atoms with Crippen LogP contribution in [-0.2, 0) is 16.0 Å². The van der Waals surface area contributed by atoms with E-state index in [4.69, 9.17) is 0 Å². The number of aryl methyl sites for hydroxylation is 2. The Morgan fingerprint density at radius 1 is 0.946 bits per heavy atom. The Labute approximate surface area is 228 Å². The molecule has 0 bridgehead atoms. The third kappa shape index (κ3) is 11.2. The van der Waals surface area contributed by atoms with Crippen molar-refractivity contribution in [1.82, 2.24) is 0 Å². The van der Waals surface area contributed by atoms with Gasteiger partial charge in [0.15, 0.2) is 5.78 Å². The maximum atomic E-state index is 12.8. The van der Waals surface area contributed by atoms with Crippen LogP contribution < -0.4 is 0 Å². The fourth-order valence-electron chi connectivity index (χ4n) is 6.20. The summed E-state index contributed by atoms with van der Waals surface area (Å²) < 4.78 is 0. The van der Waals surface area contributed by atoms with E-state index in [9.17, 15) is 14.4 Å². The zero-order valence-electron chi connectivity index (χ0n) is 25.4. The minimum atomic E-state index is -0.0658. The van der Waals surface area contributed by atoms with Crippen LogP contribution in [0, 0.1) is 37.5 Å². The number of rotatable bonds is 9. The van der Waals surface area contributed by atoms with Gasteiger partial charge in [-0.15, -0.1) is 0 Å². The topological polar surface area (TPSA) is 51.2 Å². The Hall–Kier alpha value is -1.77. The molecule has 3 unspecified atom stereocenters. The van der Waals surface area contributed by atoms with E-state index in [2.05, 4.69) is 40.7 Å². The molecule has 0 saturated heterocycles. The summed E-state index contributed by atoms with van der Waals surface area (Å²) in [5, 5.41) is 0. The molecule has 2 aliphatic carbocycles. The number of benzene rings is 1. The standard InChI is InChI=1S/C24H34O3.C7H14.C3H8/c1-6-8-19(20(7-2)22(26)11-17(5)25)12-18-13-21-15(3)9-10-16(4)24(21)23(27)14-18;1-7-5-3-2-4-6-7;1-3-2/h9-10,18-20H,6-8,11-14H2,1-5H3;7H,2-6H2,1H3;3H2,1-2H3. The van der Waals surface area contributed by atoms with Crippen molar-refractivity contribution in [2.45, 2.75) is 139 Å². The van der Waals surface area contributed by atoms with E-state index in [-0.39, 0.29) is 35.6 Å². The second-order valence-corrected chi connectivity index (χ2v) is 11.8. The minimum absolute atomic E-state index is 0.0451. The fraction of sp³-hybridized carbons (Fsp3) is 0.735. The Kier molecular flexibility index (Phi) is 15.9. The van der Waals surface area contributed by atoms with E-state index in [0.29, 0.717) is 12.3 Å². The molecule has 1 saturated carbocycles. The first-order valence-corrected chi connectivity index (χ1v) is 15.2. The van der Waals surface area contributed by atoms with Crippen LogP contribution in [0.2, 0.25) is 0 Å². The highest BCUT2D eigenvalue weighted by molar-refractivity contribution is 6.00. The van der Waals surface area contributed by atoms with Gasteiger partial charge in [-0.1, -0.05) is 98.1 Å². The first-order chi connectivity index (χ1) is 17.6. The van der Waals surface area contributed by atoms with Crippen LogP contribution in [0.15, 0.2) is 12.1 Å². The number of fused-ring (bicyclic) bond motifs is 1. The van der Waals surface area contributed by atoms with Crippen LogP contribution in [0.25, 0.3) is 0 Å². The van der Waals surface area contributed by atoms with Gasteiger partial charge in [0.25, 0.3) is 0 Å². The summed E-state index contributed by atoms with van der Waals surface area (Å²) in [7, 11) is 0. The zero-order valence-corrected chi connectivity index (χ0v) is 25.4. The SMILES string of the molecule is CC1CCCCC1.CCC.CCCC(CC1CC(=O)c2c(C)ccc(C)c2C1)C(CC)C(=O)CC(C)=O. The molecule has 1 aromatic rings. The lowest BCUT2D eigenvalue weighted by Crippen LogP contribution is -2.30. The van der Waals surface area contributed by atoms with Gasteiger partial charge in [-0.05, 0) is 74.5 Å². The monoisotopic (exact) mass is 512 g/mol. The highest BCUT2D eigenvalue weighted by atomic mass is 16.1. The van der Waals surface area contributed by atoms with Gasteiger partial charge in [-0.2, -0.15) is 0 Å². The van der Waals surface area contributed by atoms with Crippen molar-refractivity contribution < 1.29 is 14.4 Å². The van der Waals surface area contributed by atoms with Crippen molar-refractivity contribution in [2.75, 3.05) is 0 Å². The van der Waals surface area contributed by atoms with Gasteiger partial charge in [0.05, 0.1) is 6.42 Å². The van der Waals surface area contributed by atoms with Gasteiger partial charge in [-0.3, -0.25) is 14.4 Å². The van der Waals surface area contributed by atoms with E-state index < -0.39 is 0 Å². The molecular formula is C34H56O3. The van der Waals surface area contributed by atoms with E-state index >= 15 is 0 Å². The predicted octanol–water partition coefficient (Wildman–Crippen LogP) is 9.43. The molecule has 1 aromatic carbocycles. The highest BCUT2D eigenvalue weighted by Crippen LogP contribution is 2.37. The Bertz CT molecular complexity index is 847. The molecule has 0 aromatic heterocycles. The lowest BCUT2D eigenvalue weighted by Gasteiger charge is -2.32. The predicted molar refractivity (Wildman–Crippen MR) is 157 cm³/mol. The average molecular weight is 513 g/mol. The van der Waals surface area contributed by atoms with Gasteiger partial charge in [-0.25, -0.2) is 0 Å². The number of hydrogen-bond donors (Lipinski definition) is 0. The Morgan fingerprint density at radius 2 is 1.54 bits per heavy atom. The minimum Gasteiger partial charge on any atom is -0.300 e. The van der Waals surface area contributed by atoms with Gasteiger partial charge in [0.1, 0.15) is 11.6 Å². The number of carbonyl (C=O) groups is 3. The number of Topliss-reactive ketones (excluding diaryl/α,β-unsaturated/α-hetero) is 3. The average Bonchev–Trinajstić information content (AvgIpc) is 2.83. The molecule has 0 amide bonds. The third-order valence-corrected chi connectivity index (χ3v) is 8.04. The lowest BCUT2D eigenvalue weighted by molar-refractivity contribution is -0.129. The van der Waals surface area contributed by atoms with Crippen molar-refractivity contribution in [3.63, 3.8) is 0 Å². The quantitative estimate of drug-likeness (QED) is 0.310. The Morgan fingerprint density at radius 3 is 2.03 bits per heavy atom. The Balaban J connectivity index is 0.000000572. The second-order valence-electron chi connectivity index (χ2n) is 11.8. The summed E-state index contributed by atoms with van der Waals surface area (Å²) in [5.74, 6) is 1.80. The zero-order chi connectivity index (χ0) is 28.0. The number of hydrogen-bond acceptors (Lipinski definition) is 3. The van der Waals surface area contributed by atoms with Crippen molar-refractivity contribution in [2.24, 2.45) is 23.7 Å². The van der Waals surface area contributed by atoms with Crippen LogP contribution in [0.4, 0.5) is 0 Å².